The van der Waals surface area contributed by atoms with Gasteiger partial charge in [-0.25, -0.2) is 9.78 Å². The first-order valence-electron chi connectivity index (χ1n) is 6.49. The van der Waals surface area contributed by atoms with Crippen LogP contribution in [0.15, 0.2) is 58.0 Å². The van der Waals surface area contributed by atoms with Crippen LogP contribution in [0.1, 0.15) is 0 Å². The number of imidazole rings is 1. The fourth-order valence-corrected chi connectivity index (χ4v) is 2.95. The quantitative estimate of drug-likeness (QED) is 0.485. The zero-order chi connectivity index (χ0) is 15.3. The Kier molecular flexibility index (Phi) is 2.96. The van der Waals surface area contributed by atoms with Crippen molar-refractivity contribution >= 4 is 39.8 Å². The number of hydrogen-bond acceptors (Lipinski definition) is 3. The van der Waals surface area contributed by atoms with Gasteiger partial charge >= 0.3 is 5.63 Å². The van der Waals surface area contributed by atoms with Gasteiger partial charge in [-0.15, -0.1) is 0 Å². The lowest BCUT2D eigenvalue weighted by molar-refractivity contribution is 0.563. The molecule has 108 valence electrons. The predicted molar refractivity (Wildman–Crippen MR) is 86.7 cm³/mol. The molecular formula is C16H8Cl2N2O2. The second-order valence-corrected chi connectivity index (χ2v) is 5.69. The number of pyridine rings is 1. The summed E-state index contributed by atoms with van der Waals surface area (Å²) in [7, 11) is 0. The molecule has 0 unspecified atom stereocenters. The van der Waals surface area contributed by atoms with E-state index >= 15 is 0 Å². The van der Waals surface area contributed by atoms with Crippen LogP contribution >= 0.6 is 23.2 Å². The highest BCUT2D eigenvalue weighted by molar-refractivity contribution is 6.38. The fourth-order valence-electron chi connectivity index (χ4n) is 2.40. The topological polar surface area (TPSA) is 47.5 Å². The van der Waals surface area contributed by atoms with Gasteiger partial charge in [-0.1, -0.05) is 29.3 Å². The van der Waals surface area contributed by atoms with Gasteiger partial charge in [-0.3, -0.25) is 0 Å². The van der Waals surface area contributed by atoms with Crippen LogP contribution in [0.2, 0.25) is 10.0 Å². The van der Waals surface area contributed by atoms with E-state index in [9.17, 15) is 4.79 Å². The Morgan fingerprint density at radius 1 is 1.14 bits per heavy atom. The van der Waals surface area contributed by atoms with Crippen LogP contribution < -0.4 is 5.63 Å². The largest absolute Gasteiger partial charge is 0.421 e. The van der Waals surface area contributed by atoms with Crippen molar-refractivity contribution in [2.75, 3.05) is 0 Å². The maximum Gasteiger partial charge on any atom is 0.345 e. The van der Waals surface area contributed by atoms with Crippen LogP contribution in [0.4, 0.5) is 0 Å². The standard InChI is InChI=1S/C16H8Cl2N2O2/c17-10-5-9-6-11(16(21)22-15(9)12(18)7-10)13-8-20-4-2-1-3-14(20)19-13/h1-8H. The summed E-state index contributed by atoms with van der Waals surface area (Å²) in [5.74, 6) is 0. The molecule has 0 aliphatic carbocycles. The molecule has 0 aliphatic heterocycles. The average Bonchev–Trinajstić information content (AvgIpc) is 2.91. The molecule has 4 rings (SSSR count). The van der Waals surface area contributed by atoms with Crippen molar-refractivity contribution in [3.8, 4) is 11.3 Å². The van der Waals surface area contributed by atoms with Crippen molar-refractivity contribution in [3.05, 3.63) is 69.3 Å². The van der Waals surface area contributed by atoms with E-state index in [1.807, 2.05) is 28.8 Å². The monoisotopic (exact) mass is 330 g/mol. The average molecular weight is 331 g/mol. The molecule has 0 atom stereocenters. The van der Waals surface area contributed by atoms with Gasteiger partial charge < -0.3 is 8.82 Å². The molecule has 4 nitrogen and oxygen atoms in total. The third-order valence-corrected chi connectivity index (χ3v) is 3.89. The number of hydrogen-bond donors (Lipinski definition) is 0. The van der Waals surface area contributed by atoms with Crippen molar-refractivity contribution in [2.24, 2.45) is 0 Å². The molecule has 0 fully saturated rings. The van der Waals surface area contributed by atoms with Crippen LogP contribution in [0.25, 0.3) is 27.9 Å². The van der Waals surface area contributed by atoms with E-state index in [1.54, 1.807) is 24.4 Å². The van der Waals surface area contributed by atoms with Crippen LogP contribution in [0.3, 0.4) is 0 Å². The second-order valence-electron chi connectivity index (χ2n) is 4.85. The Hall–Kier alpha value is -2.30. The molecular weight excluding hydrogens is 323 g/mol. The van der Waals surface area contributed by atoms with Crippen LogP contribution in [0.5, 0.6) is 0 Å². The first-order valence-corrected chi connectivity index (χ1v) is 7.24. The number of rotatable bonds is 1. The maximum atomic E-state index is 12.2. The van der Waals surface area contributed by atoms with Crippen molar-refractivity contribution in [3.63, 3.8) is 0 Å². The molecule has 0 aliphatic rings. The van der Waals surface area contributed by atoms with Crippen LogP contribution in [-0.2, 0) is 0 Å². The van der Waals surface area contributed by atoms with Gasteiger partial charge in [-0.2, -0.15) is 0 Å². The molecule has 0 spiro atoms. The third-order valence-electron chi connectivity index (χ3n) is 3.39. The van der Waals surface area contributed by atoms with Crippen LogP contribution in [-0.4, -0.2) is 9.38 Å². The van der Waals surface area contributed by atoms with Crippen LogP contribution in [0, 0.1) is 0 Å². The lowest BCUT2D eigenvalue weighted by atomic mass is 10.1. The summed E-state index contributed by atoms with van der Waals surface area (Å²) < 4.78 is 7.17. The maximum absolute atomic E-state index is 12.2. The van der Waals surface area contributed by atoms with Gasteiger partial charge in [0, 0.05) is 22.8 Å². The Morgan fingerprint density at radius 2 is 2.00 bits per heavy atom. The van der Waals surface area contributed by atoms with Gasteiger partial charge in [0.1, 0.15) is 5.65 Å². The summed E-state index contributed by atoms with van der Waals surface area (Å²) in [6, 6.07) is 10.6. The minimum atomic E-state index is -0.486. The zero-order valence-electron chi connectivity index (χ0n) is 11.1. The smallest absolute Gasteiger partial charge is 0.345 e. The lowest BCUT2D eigenvalue weighted by Gasteiger charge is -2.02. The molecule has 1 aromatic carbocycles. The number of halogens is 2. The summed E-state index contributed by atoms with van der Waals surface area (Å²) in [4.78, 5) is 16.7. The fraction of sp³-hybridized carbons (Fsp3) is 0. The Morgan fingerprint density at radius 3 is 2.82 bits per heavy atom. The van der Waals surface area contributed by atoms with E-state index < -0.39 is 5.63 Å². The molecule has 0 saturated carbocycles. The summed E-state index contributed by atoms with van der Waals surface area (Å²) in [5, 5.41) is 1.44. The molecule has 3 heterocycles. The number of benzene rings is 1. The minimum absolute atomic E-state index is 0.307. The van der Waals surface area contributed by atoms with Gasteiger partial charge in [0.2, 0.25) is 0 Å². The van der Waals surface area contributed by atoms with Gasteiger partial charge in [-0.05, 0) is 30.3 Å². The highest BCUT2D eigenvalue weighted by Crippen LogP contribution is 2.29. The second kappa shape index (κ2) is 4.87. The Bertz CT molecular complexity index is 1050. The highest BCUT2D eigenvalue weighted by Gasteiger charge is 2.13. The summed E-state index contributed by atoms with van der Waals surface area (Å²) in [6.07, 6.45) is 3.64. The molecule has 0 saturated heterocycles. The highest BCUT2D eigenvalue weighted by atomic mass is 35.5. The van der Waals surface area contributed by atoms with E-state index in [0.29, 0.717) is 32.3 Å². The van der Waals surface area contributed by atoms with Gasteiger partial charge in [0.25, 0.3) is 0 Å². The first-order chi connectivity index (χ1) is 10.6. The molecule has 4 aromatic rings. The molecule has 0 radical (unpaired) electrons. The normalized spacial score (nSPS) is 11.4. The molecule has 0 amide bonds. The van der Waals surface area contributed by atoms with E-state index in [4.69, 9.17) is 27.6 Å². The SMILES string of the molecule is O=c1oc2c(Cl)cc(Cl)cc2cc1-c1cn2ccccc2n1. The number of aromatic nitrogens is 2. The molecule has 22 heavy (non-hydrogen) atoms. The number of nitrogens with zero attached hydrogens (tertiary/aromatic N) is 2. The molecule has 0 N–H and O–H groups in total. The van der Waals surface area contributed by atoms with Crippen molar-refractivity contribution in [1.29, 1.82) is 0 Å². The van der Waals surface area contributed by atoms with E-state index in [2.05, 4.69) is 4.98 Å². The first kappa shape index (κ1) is 13.4. The van der Waals surface area contributed by atoms with Crippen molar-refractivity contribution in [2.45, 2.75) is 0 Å². The molecule has 3 aromatic heterocycles. The van der Waals surface area contributed by atoms with E-state index in [-0.39, 0.29) is 0 Å². The summed E-state index contributed by atoms with van der Waals surface area (Å²) in [6.45, 7) is 0. The molecule has 6 heteroatoms. The summed E-state index contributed by atoms with van der Waals surface area (Å²) in [5.41, 5.74) is 1.50. The Balaban J connectivity index is 2.02. The van der Waals surface area contributed by atoms with Crippen molar-refractivity contribution < 1.29 is 4.42 Å². The lowest BCUT2D eigenvalue weighted by Crippen LogP contribution is -2.03. The minimum Gasteiger partial charge on any atom is -0.421 e. The number of fused-ring (bicyclic) bond motifs is 2. The van der Waals surface area contributed by atoms with Crippen molar-refractivity contribution in [1.82, 2.24) is 9.38 Å². The predicted octanol–water partition coefficient (Wildman–Crippen LogP) is 4.41. The zero-order valence-corrected chi connectivity index (χ0v) is 12.6. The van der Waals surface area contributed by atoms with E-state index in [0.717, 1.165) is 5.65 Å². The Labute approximate surface area is 134 Å². The third kappa shape index (κ3) is 2.08. The summed E-state index contributed by atoms with van der Waals surface area (Å²) >= 11 is 12.1. The van der Waals surface area contributed by atoms with E-state index in [1.165, 1.54) is 0 Å². The van der Waals surface area contributed by atoms with Gasteiger partial charge in [0.15, 0.2) is 5.58 Å². The van der Waals surface area contributed by atoms with Gasteiger partial charge in [0.05, 0.1) is 16.3 Å². The molecule has 0 bridgehead atoms.